The number of nitrogens with one attached hydrogen (secondary N) is 1. The van der Waals surface area contributed by atoms with Gasteiger partial charge >= 0.3 is 0 Å². The Hall–Kier alpha value is -3.62. The molecule has 0 aliphatic heterocycles. The van der Waals surface area contributed by atoms with E-state index in [1.54, 1.807) is 48.5 Å². The van der Waals surface area contributed by atoms with Crippen LogP contribution in [0, 0.1) is 24.1 Å². The standard InChI is InChI=1S/C24H18ClFN2O2/c1-16-6-9-20(10-7-16)28-24(29)19(14-27)12-17-8-11-23(21(25)13-17)30-15-18-4-2-3-5-22(18)26/h2-13H,15H2,1H3,(H,28,29)/b19-12+. The molecule has 0 spiro atoms. The van der Waals surface area contributed by atoms with E-state index in [0.29, 0.717) is 22.6 Å². The number of aryl methyl sites for hydroxylation is 1. The van der Waals surface area contributed by atoms with Gasteiger partial charge < -0.3 is 10.1 Å². The minimum atomic E-state index is -0.516. The molecule has 0 saturated heterocycles. The molecule has 0 bridgehead atoms. The molecule has 0 heterocycles. The third-order valence-corrected chi connectivity index (χ3v) is 4.58. The summed E-state index contributed by atoms with van der Waals surface area (Å²) in [6.07, 6.45) is 1.44. The molecule has 150 valence electrons. The fraction of sp³-hybridized carbons (Fsp3) is 0.0833. The maximum atomic E-state index is 13.7. The largest absolute Gasteiger partial charge is 0.487 e. The van der Waals surface area contributed by atoms with Crippen molar-refractivity contribution in [2.24, 2.45) is 0 Å². The molecule has 6 heteroatoms. The lowest BCUT2D eigenvalue weighted by Crippen LogP contribution is -2.13. The molecule has 0 aromatic heterocycles. The van der Waals surface area contributed by atoms with Gasteiger partial charge in [-0.25, -0.2) is 4.39 Å². The van der Waals surface area contributed by atoms with Crippen LogP contribution < -0.4 is 10.1 Å². The van der Waals surface area contributed by atoms with Crippen molar-refractivity contribution in [2.45, 2.75) is 13.5 Å². The van der Waals surface area contributed by atoms with Crippen LogP contribution in [-0.2, 0) is 11.4 Å². The highest BCUT2D eigenvalue weighted by atomic mass is 35.5. The van der Waals surface area contributed by atoms with Gasteiger partial charge in [-0.2, -0.15) is 5.26 Å². The Bertz CT molecular complexity index is 1130. The van der Waals surface area contributed by atoms with E-state index in [1.807, 2.05) is 25.1 Å². The minimum absolute atomic E-state index is 0.0317. The first kappa shape index (κ1) is 21.1. The predicted octanol–water partition coefficient (Wildman–Crippen LogP) is 5.91. The third-order valence-electron chi connectivity index (χ3n) is 4.28. The number of halogens is 2. The van der Waals surface area contributed by atoms with Crippen LogP contribution in [0.2, 0.25) is 5.02 Å². The topological polar surface area (TPSA) is 62.1 Å². The highest BCUT2D eigenvalue weighted by molar-refractivity contribution is 6.32. The second-order valence-corrected chi connectivity index (χ2v) is 6.97. The number of benzene rings is 3. The number of rotatable bonds is 6. The lowest BCUT2D eigenvalue weighted by molar-refractivity contribution is -0.112. The Morgan fingerprint density at radius 1 is 1.17 bits per heavy atom. The second kappa shape index (κ2) is 9.73. The molecular weight excluding hydrogens is 403 g/mol. The summed E-state index contributed by atoms with van der Waals surface area (Å²) in [7, 11) is 0. The molecule has 1 N–H and O–H groups in total. The predicted molar refractivity (Wildman–Crippen MR) is 116 cm³/mol. The van der Waals surface area contributed by atoms with Crippen LogP contribution in [0.25, 0.3) is 6.08 Å². The number of carbonyl (C=O) groups excluding carboxylic acids is 1. The Morgan fingerprint density at radius 3 is 2.57 bits per heavy atom. The minimum Gasteiger partial charge on any atom is -0.487 e. The fourth-order valence-corrected chi connectivity index (χ4v) is 2.89. The van der Waals surface area contributed by atoms with E-state index >= 15 is 0 Å². The Morgan fingerprint density at radius 2 is 1.90 bits per heavy atom. The molecular formula is C24H18ClFN2O2. The molecule has 0 radical (unpaired) electrons. The molecule has 0 atom stereocenters. The van der Waals surface area contributed by atoms with E-state index < -0.39 is 5.91 Å². The summed E-state index contributed by atoms with van der Waals surface area (Å²) in [5.41, 5.74) is 2.58. The summed E-state index contributed by atoms with van der Waals surface area (Å²) in [5, 5.41) is 12.3. The van der Waals surface area contributed by atoms with Crippen LogP contribution in [0.5, 0.6) is 5.75 Å². The van der Waals surface area contributed by atoms with Gasteiger partial charge in [-0.05, 0) is 48.9 Å². The summed E-state index contributed by atoms with van der Waals surface area (Å²) in [5.74, 6) is -0.497. The highest BCUT2D eigenvalue weighted by Crippen LogP contribution is 2.27. The van der Waals surface area contributed by atoms with Crippen molar-refractivity contribution in [1.82, 2.24) is 0 Å². The number of nitrogens with zero attached hydrogens (tertiary/aromatic N) is 1. The lowest BCUT2D eigenvalue weighted by Gasteiger charge is -2.09. The molecule has 3 aromatic carbocycles. The SMILES string of the molecule is Cc1ccc(NC(=O)/C(C#N)=C/c2ccc(OCc3ccccc3F)c(Cl)c2)cc1. The summed E-state index contributed by atoms with van der Waals surface area (Å²) >= 11 is 6.25. The molecule has 0 fully saturated rings. The molecule has 3 rings (SSSR count). The smallest absolute Gasteiger partial charge is 0.266 e. The van der Waals surface area contributed by atoms with Gasteiger partial charge in [0.05, 0.1) is 5.02 Å². The quantitative estimate of drug-likeness (QED) is 0.398. The van der Waals surface area contributed by atoms with Crippen LogP contribution in [0.15, 0.2) is 72.3 Å². The number of anilines is 1. The molecule has 30 heavy (non-hydrogen) atoms. The van der Waals surface area contributed by atoms with Gasteiger partial charge in [-0.15, -0.1) is 0 Å². The molecule has 0 saturated carbocycles. The van der Waals surface area contributed by atoms with E-state index in [2.05, 4.69) is 5.32 Å². The first-order chi connectivity index (χ1) is 14.5. The van der Waals surface area contributed by atoms with Crippen molar-refractivity contribution in [3.05, 3.63) is 99.8 Å². The van der Waals surface area contributed by atoms with E-state index in [1.165, 1.54) is 12.1 Å². The van der Waals surface area contributed by atoms with Crippen LogP contribution in [0.3, 0.4) is 0 Å². The fourth-order valence-electron chi connectivity index (χ4n) is 2.65. The van der Waals surface area contributed by atoms with Gasteiger partial charge in [-0.3, -0.25) is 4.79 Å². The second-order valence-electron chi connectivity index (χ2n) is 6.56. The van der Waals surface area contributed by atoms with E-state index in [0.717, 1.165) is 5.56 Å². The van der Waals surface area contributed by atoms with Gasteiger partial charge in [0.15, 0.2) is 0 Å². The van der Waals surface area contributed by atoms with E-state index in [-0.39, 0.29) is 23.0 Å². The van der Waals surface area contributed by atoms with Gasteiger partial charge in [0, 0.05) is 11.3 Å². The van der Waals surface area contributed by atoms with Crippen molar-refractivity contribution in [1.29, 1.82) is 5.26 Å². The Kier molecular flexibility index (Phi) is 6.84. The van der Waals surface area contributed by atoms with Gasteiger partial charge in [-0.1, -0.05) is 53.6 Å². The number of nitriles is 1. The highest BCUT2D eigenvalue weighted by Gasteiger charge is 2.11. The Labute approximate surface area is 179 Å². The van der Waals surface area contributed by atoms with E-state index in [9.17, 15) is 14.4 Å². The molecule has 0 unspecified atom stereocenters. The maximum absolute atomic E-state index is 13.7. The average molecular weight is 421 g/mol. The average Bonchev–Trinajstić information content (AvgIpc) is 2.74. The van der Waals surface area contributed by atoms with E-state index in [4.69, 9.17) is 16.3 Å². The van der Waals surface area contributed by atoms with Crippen molar-refractivity contribution in [3.8, 4) is 11.8 Å². The third kappa shape index (κ3) is 5.47. The summed E-state index contributed by atoms with van der Waals surface area (Å²) < 4.78 is 19.3. The van der Waals surface area contributed by atoms with Crippen LogP contribution >= 0.6 is 11.6 Å². The zero-order valence-corrected chi connectivity index (χ0v) is 16.9. The summed E-state index contributed by atoms with van der Waals surface area (Å²) in [6.45, 7) is 1.98. The number of amides is 1. The Balaban J connectivity index is 1.71. The van der Waals surface area contributed by atoms with Crippen molar-refractivity contribution in [3.63, 3.8) is 0 Å². The number of carbonyl (C=O) groups is 1. The van der Waals surface area contributed by atoms with Gasteiger partial charge in [0.25, 0.3) is 5.91 Å². The van der Waals surface area contributed by atoms with Crippen molar-refractivity contribution < 1.29 is 13.9 Å². The first-order valence-corrected chi connectivity index (χ1v) is 9.49. The zero-order chi connectivity index (χ0) is 21.5. The number of hydrogen-bond acceptors (Lipinski definition) is 3. The van der Waals surface area contributed by atoms with Crippen LogP contribution in [0.1, 0.15) is 16.7 Å². The zero-order valence-electron chi connectivity index (χ0n) is 16.2. The van der Waals surface area contributed by atoms with Gasteiger partial charge in [0.2, 0.25) is 0 Å². The summed E-state index contributed by atoms with van der Waals surface area (Å²) in [4.78, 5) is 12.4. The lowest BCUT2D eigenvalue weighted by atomic mass is 10.1. The monoisotopic (exact) mass is 420 g/mol. The normalized spacial score (nSPS) is 10.9. The summed E-state index contributed by atoms with van der Waals surface area (Å²) in [6, 6.07) is 20.3. The van der Waals surface area contributed by atoms with Crippen molar-refractivity contribution in [2.75, 3.05) is 5.32 Å². The van der Waals surface area contributed by atoms with Crippen molar-refractivity contribution >= 4 is 29.3 Å². The van der Waals surface area contributed by atoms with Crippen LogP contribution in [0.4, 0.5) is 10.1 Å². The molecule has 3 aromatic rings. The molecule has 0 aliphatic rings. The molecule has 0 aliphatic carbocycles. The number of ether oxygens (including phenoxy) is 1. The molecule has 4 nitrogen and oxygen atoms in total. The number of hydrogen-bond donors (Lipinski definition) is 1. The van der Waals surface area contributed by atoms with Gasteiger partial charge in [0.1, 0.15) is 29.8 Å². The maximum Gasteiger partial charge on any atom is 0.266 e. The van der Waals surface area contributed by atoms with Crippen LogP contribution in [-0.4, -0.2) is 5.91 Å². The first-order valence-electron chi connectivity index (χ1n) is 9.12. The molecule has 1 amide bonds.